The first-order valence-corrected chi connectivity index (χ1v) is 11.7. The van der Waals surface area contributed by atoms with Gasteiger partial charge in [0.25, 0.3) is 5.91 Å². The first kappa shape index (κ1) is 26.0. The van der Waals surface area contributed by atoms with Crippen molar-refractivity contribution in [1.82, 2.24) is 19.7 Å². The van der Waals surface area contributed by atoms with Gasteiger partial charge < -0.3 is 10.2 Å². The number of urea groups is 2. The van der Waals surface area contributed by atoms with Gasteiger partial charge in [0.1, 0.15) is 11.4 Å². The minimum Gasteiger partial charge on any atom is -0.305 e. The molecular formula is C23H22F3N7O3S. The van der Waals surface area contributed by atoms with E-state index in [2.05, 4.69) is 20.7 Å². The van der Waals surface area contributed by atoms with Crippen molar-refractivity contribution in [3.05, 3.63) is 60.6 Å². The first-order chi connectivity index (χ1) is 17.3. The summed E-state index contributed by atoms with van der Waals surface area (Å²) in [6.45, 7) is 3.20. The van der Waals surface area contributed by atoms with E-state index in [1.54, 1.807) is 39.2 Å². The Bertz CT molecular complexity index is 1340. The molecule has 37 heavy (non-hydrogen) atoms. The maximum absolute atomic E-state index is 13.3. The molecule has 0 atom stereocenters. The molecule has 0 unspecified atom stereocenters. The number of halogens is 3. The van der Waals surface area contributed by atoms with E-state index in [4.69, 9.17) is 0 Å². The molecule has 2 aromatic heterocycles. The van der Waals surface area contributed by atoms with Gasteiger partial charge in [0.2, 0.25) is 0 Å². The molecule has 10 nitrogen and oxygen atoms in total. The second kappa shape index (κ2) is 9.76. The maximum atomic E-state index is 13.3. The molecule has 3 aromatic rings. The molecule has 1 aliphatic heterocycles. The molecule has 3 heterocycles. The molecule has 0 radical (unpaired) electrons. The lowest BCUT2D eigenvalue weighted by atomic mass is 10.0. The Hall–Kier alpha value is -4.07. The lowest BCUT2D eigenvalue weighted by molar-refractivity contribution is -0.123. The fourth-order valence-electron chi connectivity index (χ4n) is 3.71. The van der Waals surface area contributed by atoms with E-state index in [-0.39, 0.29) is 34.7 Å². The number of nitrogens with zero attached hydrogens (tertiary/aromatic N) is 5. The average Bonchev–Trinajstić information content (AvgIpc) is 3.27. The summed E-state index contributed by atoms with van der Waals surface area (Å²) in [5.74, 6) is -0.291. The number of aryl methyl sites for hydroxylation is 1. The fourth-order valence-corrected chi connectivity index (χ4v) is 4.25. The zero-order valence-corrected chi connectivity index (χ0v) is 20.7. The summed E-state index contributed by atoms with van der Waals surface area (Å²) in [7, 11) is 1.71. The third-order valence-corrected chi connectivity index (χ3v) is 6.26. The standard InChI is InChI=1S/C23H22F3N7O3S/c1-22(2)19(34)33(16-4-6-17(7-5-16)37-23(24,25)26)21(36)32(22)12-14-8-9-27-18(10-14)30-20(35)29-15-11-28-31(3)13-15/h4-11,13H,12H2,1-3H3,(H2,27,29,30,35). The topological polar surface area (TPSA) is 112 Å². The second-order valence-electron chi connectivity index (χ2n) is 8.64. The van der Waals surface area contributed by atoms with Crippen molar-refractivity contribution in [2.45, 2.75) is 36.3 Å². The van der Waals surface area contributed by atoms with Crippen LogP contribution in [0.3, 0.4) is 0 Å². The lowest BCUT2D eigenvalue weighted by Crippen LogP contribution is -2.43. The van der Waals surface area contributed by atoms with Gasteiger partial charge in [-0.15, -0.1) is 0 Å². The number of pyridine rings is 1. The van der Waals surface area contributed by atoms with Crippen LogP contribution in [-0.4, -0.2) is 48.7 Å². The molecule has 0 saturated carbocycles. The van der Waals surface area contributed by atoms with Crippen LogP contribution in [0.5, 0.6) is 0 Å². The minimum absolute atomic E-state index is 0.0253. The zero-order valence-electron chi connectivity index (χ0n) is 19.9. The van der Waals surface area contributed by atoms with Crippen LogP contribution >= 0.6 is 11.8 Å². The van der Waals surface area contributed by atoms with Gasteiger partial charge in [-0.3, -0.25) is 14.8 Å². The van der Waals surface area contributed by atoms with E-state index in [1.807, 2.05) is 0 Å². The Kier molecular flexibility index (Phi) is 6.86. The Labute approximate surface area is 213 Å². The van der Waals surface area contributed by atoms with Gasteiger partial charge >= 0.3 is 17.6 Å². The molecule has 0 spiro atoms. The normalized spacial score (nSPS) is 15.3. The van der Waals surface area contributed by atoms with Gasteiger partial charge in [-0.2, -0.15) is 18.3 Å². The highest BCUT2D eigenvalue weighted by molar-refractivity contribution is 8.00. The Balaban J connectivity index is 1.48. The van der Waals surface area contributed by atoms with Crippen molar-refractivity contribution in [3.8, 4) is 0 Å². The number of anilines is 3. The van der Waals surface area contributed by atoms with E-state index in [0.29, 0.717) is 11.3 Å². The monoisotopic (exact) mass is 533 g/mol. The van der Waals surface area contributed by atoms with E-state index in [1.165, 1.54) is 46.2 Å². The summed E-state index contributed by atoms with van der Waals surface area (Å²) >= 11 is -0.281. The molecule has 2 N–H and O–H groups in total. The predicted molar refractivity (Wildman–Crippen MR) is 131 cm³/mol. The number of rotatable bonds is 6. The van der Waals surface area contributed by atoms with Crippen molar-refractivity contribution in [2.75, 3.05) is 15.5 Å². The van der Waals surface area contributed by atoms with Crippen molar-refractivity contribution < 1.29 is 27.6 Å². The highest BCUT2D eigenvalue weighted by atomic mass is 32.2. The van der Waals surface area contributed by atoms with Gasteiger partial charge in [-0.1, -0.05) is 0 Å². The van der Waals surface area contributed by atoms with E-state index in [9.17, 15) is 27.6 Å². The summed E-state index contributed by atoms with van der Waals surface area (Å²) < 4.78 is 39.4. The number of aromatic nitrogens is 3. The summed E-state index contributed by atoms with van der Waals surface area (Å²) in [6.07, 6.45) is 4.56. The molecule has 14 heteroatoms. The number of thioether (sulfide) groups is 1. The van der Waals surface area contributed by atoms with Crippen LogP contribution in [0.2, 0.25) is 0 Å². The summed E-state index contributed by atoms with van der Waals surface area (Å²) in [5.41, 5.74) is -4.42. The summed E-state index contributed by atoms with van der Waals surface area (Å²) in [5, 5.41) is 9.18. The van der Waals surface area contributed by atoms with Gasteiger partial charge in [-0.05, 0) is 67.6 Å². The molecule has 1 aromatic carbocycles. The fraction of sp³-hybridized carbons (Fsp3) is 0.261. The highest BCUT2D eigenvalue weighted by Gasteiger charge is 2.51. The molecule has 0 bridgehead atoms. The lowest BCUT2D eigenvalue weighted by Gasteiger charge is -2.27. The van der Waals surface area contributed by atoms with Crippen LogP contribution in [0.4, 0.5) is 40.0 Å². The van der Waals surface area contributed by atoms with Gasteiger partial charge in [0.15, 0.2) is 0 Å². The van der Waals surface area contributed by atoms with E-state index in [0.717, 1.165) is 4.90 Å². The number of imide groups is 1. The number of carbonyl (C=O) groups is 3. The average molecular weight is 534 g/mol. The van der Waals surface area contributed by atoms with E-state index >= 15 is 0 Å². The molecule has 194 valence electrons. The molecular weight excluding hydrogens is 511 g/mol. The number of hydrogen-bond donors (Lipinski definition) is 2. The molecule has 5 amide bonds. The smallest absolute Gasteiger partial charge is 0.305 e. The maximum Gasteiger partial charge on any atom is 0.446 e. The molecule has 1 saturated heterocycles. The third-order valence-electron chi connectivity index (χ3n) is 5.52. The highest BCUT2D eigenvalue weighted by Crippen LogP contribution is 2.39. The van der Waals surface area contributed by atoms with Crippen LogP contribution in [0.15, 0.2) is 59.9 Å². The summed E-state index contributed by atoms with van der Waals surface area (Å²) in [6, 6.07) is 7.09. The molecule has 4 rings (SSSR count). The van der Waals surface area contributed by atoms with Crippen LogP contribution in [0.1, 0.15) is 19.4 Å². The predicted octanol–water partition coefficient (Wildman–Crippen LogP) is 4.82. The number of alkyl halides is 3. The van der Waals surface area contributed by atoms with Crippen LogP contribution in [-0.2, 0) is 18.4 Å². The third kappa shape index (κ3) is 5.85. The quantitative estimate of drug-likeness (QED) is 0.347. The van der Waals surface area contributed by atoms with Gasteiger partial charge in [0, 0.05) is 30.9 Å². The summed E-state index contributed by atoms with van der Waals surface area (Å²) in [4.78, 5) is 45.0. The van der Waals surface area contributed by atoms with Crippen molar-refractivity contribution >= 4 is 46.9 Å². The van der Waals surface area contributed by atoms with Gasteiger partial charge in [-0.25, -0.2) is 19.5 Å². The first-order valence-electron chi connectivity index (χ1n) is 10.9. The zero-order chi connectivity index (χ0) is 27.0. The molecule has 1 fully saturated rings. The van der Waals surface area contributed by atoms with Crippen LogP contribution in [0, 0.1) is 0 Å². The van der Waals surface area contributed by atoms with Gasteiger partial charge in [0.05, 0.1) is 17.6 Å². The number of amides is 5. The minimum atomic E-state index is -4.45. The second-order valence-corrected chi connectivity index (χ2v) is 9.78. The number of nitrogens with one attached hydrogen (secondary N) is 2. The van der Waals surface area contributed by atoms with Crippen molar-refractivity contribution in [2.24, 2.45) is 7.05 Å². The molecule has 0 aliphatic carbocycles. The number of carbonyl (C=O) groups excluding carboxylic acids is 3. The Morgan fingerprint density at radius 3 is 2.43 bits per heavy atom. The van der Waals surface area contributed by atoms with Crippen molar-refractivity contribution in [3.63, 3.8) is 0 Å². The number of hydrogen-bond acceptors (Lipinski definition) is 6. The number of benzene rings is 1. The SMILES string of the molecule is Cn1cc(NC(=O)Nc2cc(CN3C(=O)N(c4ccc(SC(F)(F)F)cc4)C(=O)C3(C)C)ccn2)cn1. The Morgan fingerprint density at radius 1 is 1.11 bits per heavy atom. The largest absolute Gasteiger partial charge is 0.446 e. The van der Waals surface area contributed by atoms with Crippen LogP contribution in [0.25, 0.3) is 0 Å². The van der Waals surface area contributed by atoms with Crippen molar-refractivity contribution in [1.29, 1.82) is 0 Å². The van der Waals surface area contributed by atoms with E-state index < -0.39 is 29.0 Å². The molecule has 1 aliphatic rings. The Morgan fingerprint density at radius 2 is 1.81 bits per heavy atom. The van der Waals surface area contributed by atoms with Crippen LogP contribution < -0.4 is 15.5 Å².